The minimum absolute atomic E-state index is 0.155. The highest BCUT2D eigenvalue weighted by atomic mass is 32.2. The van der Waals surface area contributed by atoms with Crippen molar-refractivity contribution in [3.8, 4) is 0 Å². The number of sulfonamides is 1. The summed E-state index contributed by atoms with van der Waals surface area (Å²) in [4.78, 5) is 14.2. The highest BCUT2D eigenvalue weighted by molar-refractivity contribution is 7.89. The second-order valence-electron chi connectivity index (χ2n) is 6.35. The third-order valence-corrected chi connectivity index (χ3v) is 6.47. The predicted octanol–water partition coefficient (Wildman–Crippen LogP) is 0.628. The second-order valence-corrected chi connectivity index (χ2v) is 8.57. The van der Waals surface area contributed by atoms with E-state index in [1.165, 1.54) is 14.1 Å². The van der Waals surface area contributed by atoms with E-state index in [1.807, 2.05) is 26.0 Å². The molecular weight excluding hydrogens is 316 g/mol. The van der Waals surface area contributed by atoms with E-state index >= 15 is 0 Å². The molecule has 0 aliphatic carbocycles. The van der Waals surface area contributed by atoms with Crippen LogP contribution in [0.5, 0.6) is 0 Å². The molecule has 1 N–H and O–H groups in total. The highest BCUT2D eigenvalue weighted by Crippen LogP contribution is 2.23. The van der Waals surface area contributed by atoms with Crippen molar-refractivity contribution in [1.82, 2.24) is 9.21 Å². The van der Waals surface area contributed by atoms with E-state index in [1.54, 1.807) is 11.0 Å². The van der Waals surface area contributed by atoms with Crippen LogP contribution in [0.15, 0.2) is 18.2 Å². The fraction of sp³-hybridized carbons (Fsp3) is 0.562. The number of β-amino-alcohol motifs (C(OH)–C–C–N with tert-alkyl or cyclic N) is 1. The number of rotatable bonds is 4. The lowest BCUT2D eigenvalue weighted by atomic mass is 10.0. The molecule has 0 bridgehead atoms. The first-order chi connectivity index (χ1) is 10.6. The molecule has 1 saturated heterocycles. The molecule has 1 aliphatic rings. The molecule has 0 unspecified atom stereocenters. The van der Waals surface area contributed by atoms with Gasteiger partial charge in [0.1, 0.15) is 0 Å². The van der Waals surface area contributed by atoms with Crippen molar-refractivity contribution < 1.29 is 18.3 Å². The molecule has 1 fully saturated rings. The maximum absolute atomic E-state index is 12.7. The van der Waals surface area contributed by atoms with E-state index in [2.05, 4.69) is 0 Å². The van der Waals surface area contributed by atoms with Crippen LogP contribution in [0.3, 0.4) is 0 Å². The average Bonchev–Trinajstić information content (AvgIpc) is 2.81. The third-order valence-electron chi connectivity index (χ3n) is 4.51. The van der Waals surface area contributed by atoms with Gasteiger partial charge in [-0.15, -0.1) is 0 Å². The Bertz CT molecular complexity index is 700. The molecule has 0 saturated carbocycles. The third kappa shape index (κ3) is 3.73. The first kappa shape index (κ1) is 17.9. The number of nitrogens with zero attached hydrogens (tertiary/aromatic N) is 2. The van der Waals surface area contributed by atoms with E-state index in [0.29, 0.717) is 5.56 Å². The predicted molar refractivity (Wildman–Crippen MR) is 88.8 cm³/mol. The molecule has 7 heteroatoms. The molecule has 2 rings (SSSR count). The van der Waals surface area contributed by atoms with Crippen LogP contribution in [0, 0.1) is 19.8 Å². The van der Waals surface area contributed by atoms with Gasteiger partial charge >= 0.3 is 0 Å². The Balaban J connectivity index is 2.15. The van der Waals surface area contributed by atoms with Gasteiger partial charge in [-0.2, -0.15) is 0 Å². The zero-order valence-electron chi connectivity index (χ0n) is 14.0. The number of hydrogen-bond acceptors (Lipinski definition) is 4. The number of amides is 1. The number of aryl methyl sites for hydroxylation is 1. The van der Waals surface area contributed by atoms with E-state index in [9.17, 15) is 18.3 Å². The SMILES string of the molecule is Cc1cccc(C(=O)N2C[C@@H](CS(=O)(=O)N(C)C)[C@H](O)C2)c1C. The van der Waals surface area contributed by atoms with E-state index in [-0.39, 0.29) is 24.7 Å². The van der Waals surface area contributed by atoms with Gasteiger partial charge in [-0.25, -0.2) is 12.7 Å². The lowest BCUT2D eigenvalue weighted by molar-refractivity contribution is 0.0764. The maximum Gasteiger partial charge on any atom is 0.254 e. The van der Waals surface area contributed by atoms with Gasteiger partial charge in [0.05, 0.1) is 11.9 Å². The van der Waals surface area contributed by atoms with Crippen LogP contribution in [-0.2, 0) is 10.0 Å². The zero-order chi connectivity index (χ0) is 17.4. The molecule has 1 aromatic rings. The molecule has 23 heavy (non-hydrogen) atoms. The van der Waals surface area contributed by atoms with E-state index in [4.69, 9.17) is 0 Å². The lowest BCUT2D eigenvalue weighted by Gasteiger charge is -2.19. The molecule has 0 radical (unpaired) electrons. The fourth-order valence-corrected chi connectivity index (χ4v) is 3.92. The molecule has 1 amide bonds. The molecule has 6 nitrogen and oxygen atoms in total. The first-order valence-electron chi connectivity index (χ1n) is 7.57. The molecule has 2 atom stereocenters. The molecule has 1 aliphatic heterocycles. The summed E-state index contributed by atoms with van der Waals surface area (Å²) in [5.74, 6) is -0.774. The second kappa shape index (κ2) is 6.59. The van der Waals surface area contributed by atoms with Crippen LogP contribution < -0.4 is 0 Å². The topological polar surface area (TPSA) is 77.9 Å². The molecule has 0 aromatic heterocycles. The monoisotopic (exact) mass is 340 g/mol. The summed E-state index contributed by atoms with van der Waals surface area (Å²) in [7, 11) is -0.472. The Morgan fingerprint density at radius 3 is 2.57 bits per heavy atom. The Morgan fingerprint density at radius 2 is 1.96 bits per heavy atom. The molecule has 128 valence electrons. The van der Waals surface area contributed by atoms with Crippen molar-refractivity contribution in [2.75, 3.05) is 32.9 Å². The summed E-state index contributed by atoms with van der Waals surface area (Å²) in [6.07, 6.45) is -0.821. The summed E-state index contributed by atoms with van der Waals surface area (Å²) in [5.41, 5.74) is 2.55. The van der Waals surface area contributed by atoms with Crippen molar-refractivity contribution in [2.24, 2.45) is 5.92 Å². The first-order valence-corrected chi connectivity index (χ1v) is 9.18. The van der Waals surface area contributed by atoms with Crippen molar-refractivity contribution >= 4 is 15.9 Å². The minimum Gasteiger partial charge on any atom is -0.391 e. The average molecular weight is 340 g/mol. The van der Waals surface area contributed by atoms with Crippen LogP contribution in [0.4, 0.5) is 0 Å². The quantitative estimate of drug-likeness (QED) is 0.872. The van der Waals surface area contributed by atoms with Gasteiger partial charge in [-0.3, -0.25) is 4.79 Å². The molecule has 0 spiro atoms. The minimum atomic E-state index is -3.41. The van der Waals surface area contributed by atoms with Gasteiger partial charge in [-0.05, 0) is 31.0 Å². The normalized spacial score (nSPS) is 21.9. The van der Waals surface area contributed by atoms with Crippen molar-refractivity contribution in [3.05, 3.63) is 34.9 Å². The number of carbonyl (C=O) groups is 1. The van der Waals surface area contributed by atoms with Gasteiger partial charge in [0, 0.05) is 38.7 Å². The van der Waals surface area contributed by atoms with Gasteiger partial charge in [0.2, 0.25) is 10.0 Å². The standard InChI is InChI=1S/C16H24N2O4S/c1-11-6-5-7-14(12(11)2)16(20)18-8-13(15(19)9-18)10-23(21,22)17(3)4/h5-7,13,15,19H,8-10H2,1-4H3/t13-,15+/m0/s1. The molecular formula is C16H24N2O4S. The van der Waals surface area contributed by atoms with Gasteiger partial charge in [0.15, 0.2) is 0 Å². The highest BCUT2D eigenvalue weighted by Gasteiger charge is 2.37. The Labute approximate surface area is 137 Å². The summed E-state index contributed by atoms with van der Waals surface area (Å²) in [6, 6.07) is 5.54. The number of likely N-dealkylation sites (tertiary alicyclic amines) is 1. The van der Waals surface area contributed by atoms with Crippen LogP contribution >= 0.6 is 0 Å². The lowest BCUT2D eigenvalue weighted by Crippen LogP contribution is -2.33. The Morgan fingerprint density at radius 1 is 1.30 bits per heavy atom. The van der Waals surface area contributed by atoms with Gasteiger partial charge in [0.25, 0.3) is 5.91 Å². The van der Waals surface area contributed by atoms with Crippen molar-refractivity contribution in [2.45, 2.75) is 20.0 Å². The van der Waals surface area contributed by atoms with Gasteiger partial charge in [-0.1, -0.05) is 12.1 Å². The van der Waals surface area contributed by atoms with Gasteiger partial charge < -0.3 is 10.0 Å². The maximum atomic E-state index is 12.7. The summed E-state index contributed by atoms with van der Waals surface area (Å²) >= 11 is 0. The Hall–Kier alpha value is -1.44. The molecule has 1 heterocycles. The smallest absolute Gasteiger partial charge is 0.254 e. The van der Waals surface area contributed by atoms with Crippen LogP contribution in [0.1, 0.15) is 21.5 Å². The van der Waals surface area contributed by atoms with E-state index < -0.39 is 22.0 Å². The number of carbonyl (C=O) groups excluding carboxylic acids is 1. The summed E-state index contributed by atoms with van der Waals surface area (Å²) < 4.78 is 25.1. The van der Waals surface area contributed by atoms with Crippen LogP contribution in [0.25, 0.3) is 0 Å². The zero-order valence-corrected chi connectivity index (χ0v) is 14.8. The largest absolute Gasteiger partial charge is 0.391 e. The Kier molecular flexibility index (Phi) is 5.13. The summed E-state index contributed by atoms with van der Waals surface area (Å²) in [6.45, 7) is 4.25. The van der Waals surface area contributed by atoms with E-state index in [0.717, 1.165) is 15.4 Å². The number of aliphatic hydroxyl groups is 1. The van der Waals surface area contributed by atoms with Crippen molar-refractivity contribution in [1.29, 1.82) is 0 Å². The van der Waals surface area contributed by atoms with Crippen molar-refractivity contribution in [3.63, 3.8) is 0 Å². The van der Waals surface area contributed by atoms with Crippen LogP contribution in [0.2, 0.25) is 0 Å². The summed E-state index contributed by atoms with van der Waals surface area (Å²) in [5, 5.41) is 10.1. The number of aliphatic hydroxyl groups excluding tert-OH is 1. The number of benzene rings is 1. The number of hydrogen-bond donors (Lipinski definition) is 1. The fourth-order valence-electron chi connectivity index (χ4n) is 2.76. The van der Waals surface area contributed by atoms with Crippen LogP contribution in [-0.4, -0.2) is 67.7 Å². The molecule has 1 aromatic carbocycles.